The lowest BCUT2D eigenvalue weighted by molar-refractivity contribution is -0.120. The second-order valence-corrected chi connectivity index (χ2v) is 6.46. The number of nitrogens with two attached hydrogens (primary N) is 1. The number of primary amides is 1. The summed E-state index contributed by atoms with van der Waals surface area (Å²) in [5.74, 6) is -2.35. The van der Waals surface area contributed by atoms with Gasteiger partial charge in [0.25, 0.3) is 5.91 Å². The van der Waals surface area contributed by atoms with E-state index < -0.39 is 35.7 Å². The third-order valence-electron chi connectivity index (χ3n) is 4.41. The second-order valence-electron chi connectivity index (χ2n) is 6.46. The van der Waals surface area contributed by atoms with Crippen LogP contribution in [-0.4, -0.2) is 51.0 Å². The van der Waals surface area contributed by atoms with E-state index in [1.807, 2.05) is 10.6 Å². The van der Waals surface area contributed by atoms with Gasteiger partial charge in [-0.25, -0.2) is 9.59 Å². The normalized spacial score (nSPS) is 16.4. The highest BCUT2D eigenvalue weighted by molar-refractivity contribution is 6.30. The quantitative estimate of drug-likeness (QED) is 0.256. The first-order valence-corrected chi connectivity index (χ1v) is 8.69. The summed E-state index contributed by atoms with van der Waals surface area (Å²) in [4.78, 5) is 56.0. The first-order chi connectivity index (χ1) is 14.6. The highest BCUT2D eigenvalue weighted by Crippen LogP contribution is 2.37. The number of fused-ring (bicyclic) bond motifs is 2. The summed E-state index contributed by atoms with van der Waals surface area (Å²) in [5.41, 5.74) is 4.93. The molecule has 1 saturated heterocycles. The molecule has 8 N–H and O–H groups in total. The van der Waals surface area contributed by atoms with Crippen LogP contribution < -0.4 is 21.7 Å². The Morgan fingerprint density at radius 2 is 1.68 bits per heavy atom. The number of aliphatic hydroxyl groups excluding tert-OH is 1. The van der Waals surface area contributed by atoms with Crippen LogP contribution in [0.5, 0.6) is 11.5 Å². The predicted octanol–water partition coefficient (Wildman–Crippen LogP) is -0.814. The molecule has 1 unspecified atom stereocenters. The van der Waals surface area contributed by atoms with E-state index in [1.54, 1.807) is 0 Å². The Balaban J connectivity index is 0.000000210. The van der Waals surface area contributed by atoms with Crippen LogP contribution in [0.1, 0.15) is 37.4 Å². The number of phenolic OH excluding ortho intramolecular Hbond substituents is 2. The Hall–Kier alpha value is -4.45. The lowest BCUT2D eigenvalue weighted by Gasteiger charge is -2.19. The molecule has 1 aliphatic carbocycles. The van der Waals surface area contributed by atoms with Crippen LogP contribution in [-0.2, 0) is 11.4 Å². The Labute approximate surface area is 173 Å². The van der Waals surface area contributed by atoms with Gasteiger partial charge in [0.2, 0.25) is 5.78 Å². The fraction of sp³-hybridized carbons (Fsp3) is 0.105. The first kappa shape index (κ1) is 21.3. The molecule has 0 radical (unpaired) electrons. The van der Waals surface area contributed by atoms with E-state index in [0.29, 0.717) is 5.56 Å². The molecule has 2 aromatic carbocycles. The zero-order valence-corrected chi connectivity index (χ0v) is 15.6. The number of benzene rings is 2. The van der Waals surface area contributed by atoms with Crippen molar-refractivity contribution in [2.75, 3.05) is 0 Å². The third-order valence-corrected chi connectivity index (χ3v) is 4.41. The number of carbonyl (C=O) groups is 5. The molecule has 0 bridgehead atoms. The van der Waals surface area contributed by atoms with Crippen LogP contribution in [0.25, 0.3) is 0 Å². The zero-order chi connectivity index (χ0) is 22.9. The Kier molecular flexibility index (Phi) is 5.57. The summed E-state index contributed by atoms with van der Waals surface area (Å²) in [5, 5.41) is 34.8. The fourth-order valence-corrected chi connectivity index (χ4v) is 3.09. The average molecular weight is 428 g/mol. The number of phenols is 2. The molecule has 0 aromatic heterocycles. The maximum Gasteiger partial charge on any atom is 0.323 e. The minimum absolute atomic E-state index is 0.0390. The van der Waals surface area contributed by atoms with Gasteiger partial charge in [-0.3, -0.25) is 19.7 Å². The topological polar surface area (TPSA) is 208 Å². The SMILES string of the molecule is NC(=O)NC1NC(=O)NC1=O.O=C1c2cccc(O)c2C(=O)c2c(O)cc(CO)cc21. The van der Waals surface area contributed by atoms with Crippen LogP contribution >= 0.6 is 0 Å². The maximum atomic E-state index is 12.4. The molecule has 4 rings (SSSR count). The smallest absolute Gasteiger partial charge is 0.323 e. The minimum atomic E-state index is -1.04. The van der Waals surface area contributed by atoms with Crippen molar-refractivity contribution in [3.63, 3.8) is 0 Å². The van der Waals surface area contributed by atoms with E-state index in [-0.39, 0.29) is 40.4 Å². The molecule has 1 fully saturated rings. The van der Waals surface area contributed by atoms with E-state index in [0.717, 1.165) is 0 Å². The van der Waals surface area contributed by atoms with Crippen molar-refractivity contribution in [3.8, 4) is 11.5 Å². The molecule has 0 saturated carbocycles. The highest BCUT2D eigenvalue weighted by Gasteiger charge is 2.34. The third kappa shape index (κ3) is 4.00. The van der Waals surface area contributed by atoms with Gasteiger partial charge in [-0.05, 0) is 23.8 Å². The fourth-order valence-electron chi connectivity index (χ4n) is 3.09. The maximum absolute atomic E-state index is 12.4. The van der Waals surface area contributed by atoms with Crippen LogP contribution in [0.4, 0.5) is 9.59 Å². The van der Waals surface area contributed by atoms with Crippen molar-refractivity contribution in [1.82, 2.24) is 16.0 Å². The monoisotopic (exact) mass is 428 g/mol. The van der Waals surface area contributed by atoms with Crippen molar-refractivity contribution in [2.45, 2.75) is 12.8 Å². The van der Waals surface area contributed by atoms with Gasteiger partial charge in [-0.1, -0.05) is 12.1 Å². The largest absolute Gasteiger partial charge is 0.507 e. The number of aromatic hydroxyl groups is 2. The number of imide groups is 1. The molecule has 12 heteroatoms. The summed E-state index contributed by atoms with van der Waals surface area (Å²) >= 11 is 0. The molecule has 160 valence electrons. The van der Waals surface area contributed by atoms with Crippen molar-refractivity contribution in [2.24, 2.45) is 5.73 Å². The number of urea groups is 2. The van der Waals surface area contributed by atoms with Gasteiger partial charge < -0.3 is 31.7 Å². The van der Waals surface area contributed by atoms with Gasteiger partial charge in [0.15, 0.2) is 11.9 Å². The molecule has 1 atom stereocenters. The molecular formula is C19H16N4O8. The van der Waals surface area contributed by atoms with Crippen LogP contribution in [0, 0.1) is 0 Å². The second kappa shape index (κ2) is 8.12. The standard InChI is InChI=1S/C15H10O5.C4H6N4O3/c16-6-7-4-9-13(11(18)5-7)15(20)12-8(14(9)19)2-1-3-10(12)17;5-3(10)6-1-2(9)8-4(11)7-1/h1-5,16-18H,6H2;1H,(H3,5,6,10)(H2,7,8,9,11). The minimum Gasteiger partial charge on any atom is -0.507 e. The Morgan fingerprint density at radius 1 is 1.00 bits per heavy atom. The van der Waals surface area contributed by atoms with E-state index in [1.165, 1.54) is 30.3 Å². The number of ketones is 2. The molecule has 1 heterocycles. The van der Waals surface area contributed by atoms with Crippen LogP contribution in [0.2, 0.25) is 0 Å². The first-order valence-electron chi connectivity index (χ1n) is 8.69. The molecule has 2 aliphatic rings. The summed E-state index contributed by atoms with van der Waals surface area (Å²) in [6, 6.07) is 5.33. The molecule has 2 aromatic rings. The molecule has 12 nitrogen and oxygen atoms in total. The van der Waals surface area contributed by atoms with E-state index in [2.05, 4.69) is 5.32 Å². The molecule has 31 heavy (non-hydrogen) atoms. The number of carbonyl (C=O) groups excluding carboxylic acids is 5. The van der Waals surface area contributed by atoms with Gasteiger partial charge in [-0.15, -0.1) is 0 Å². The summed E-state index contributed by atoms with van der Waals surface area (Å²) in [6.45, 7) is -0.352. The summed E-state index contributed by atoms with van der Waals surface area (Å²) in [6.07, 6.45) is -1.04. The van der Waals surface area contributed by atoms with E-state index >= 15 is 0 Å². The number of rotatable bonds is 2. The predicted molar refractivity (Wildman–Crippen MR) is 102 cm³/mol. The van der Waals surface area contributed by atoms with Crippen molar-refractivity contribution in [1.29, 1.82) is 0 Å². The number of amides is 5. The number of hydrogen-bond donors (Lipinski definition) is 7. The highest BCUT2D eigenvalue weighted by atomic mass is 16.3. The number of nitrogens with one attached hydrogen (secondary N) is 3. The van der Waals surface area contributed by atoms with Gasteiger partial charge in [0.1, 0.15) is 11.5 Å². The van der Waals surface area contributed by atoms with E-state index in [9.17, 15) is 34.2 Å². The van der Waals surface area contributed by atoms with E-state index in [4.69, 9.17) is 10.8 Å². The molecule has 5 amide bonds. The lowest BCUT2D eigenvalue weighted by Crippen LogP contribution is -2.48. The zero-order valence-electron chi connectivity index (χ0n) is 15.6. The van der Waals surface area contributed by atoms with Gasteiger partial charge >= 0.3 is 12.1 Å². The Bertz CT molecular complexity index is 1140. The summed E-state index contributed by atoms with van der Waals surface area (Å²) < 4.78 is 0. The van der Waals surface area contributed by atoms with Crippen LogP contribution in [0.15, 0.2) is 30.3 Å². The van der Waals surface area contributed by atoms with Gasteiger partial charge in [0, 0.05) is 11.1 Å². The van der Waals surface area contributed by atoms with Gasteiger partial charge in [0.05, 0.1) is 17.7 Å². The average Bonchev–Trinajstić information content (AvgIpc) is 3.01. The van der Waals surface area contributed by atoms with Crippen molar-refractivity contribution in [3.05, 3.63) is 58.1 Å². The number of aliphatic hydroxyl groups is 1. The Morgan fingerprint density at radius 3 is 2.26 bits per heavy atom. The molecule has 1 aliphatic heterocycles. The van der Waals surface area contributed by atoms with Gasteiger partial charge in [-0.2, -0.15) is 0 Å². The molecule has 0 spiro atoms. The van der Waals surface area contributed by atoms with Crippen molar-refractivity contribution < 1.29 is 39.3 Å². The lowest BCUT2D eigenvalue weighted by atomic mass is 9.82. The molecular weight excluding hydrogens is 412 g/mol. The van der Waals surface area contributed by atoms with Crippen LogP contribution in [0.3, 0.4) is 0 Å². The van der Waals surface area contributed by atoms with Crippen molar-refractivity contribution >= 4 is 29.5 Å². The number of hydrogen-bond acceptors (Lipinski definition) is 8. The summed E-state index contributed by atoms with van der Waals surface area (Å²) in [7, 11) is 0.